The Morgan fingerprint density at radius 3 is 1.70 bits per heavy atom. The van der Waals surface area contributed by atoms with Gasteiger partial charge in [-0.3, -0.25) is 14.4 Å². The van der Waals surface area contributed by atoms with Gasteiger partial charge < -0.3 is 36.8 Å². The molecule has 15 heteroatoms. The van der Waals surface area contributed by atoms with Crippen LogP contribution in [0.4, 0.5) is 4.79 Å². The van der Waals surface area contributed by atoms with Crippen LogP contribution in [0.15, 0.2) is 115 Å². The summed E-state index contributed by atoms with van der Waals surface area (Å²) in [6.07, 6.45) is 0.531. The Kier molecular flexibility index (Phi) is 15.9. The second-order valence-corrected chi connectivity index (χ2v) is 16.7. The van der Waals surface area contributed by atoms with Crippen LogP contribution in [0.25, 0.3) is 11.1 Å². The molecule has 0 radical (unpaired) electrons. The van der Waals surface area contributed by atoms with Crippen molar-refractivity contribution in [3.05, 3.63) is 152 Å². The summed E-state index contributed by atoms with van der Waals surface area (Å²) in [6, 6.07) is 28.6. The molecule has 0 spiro atoms. The molecule has 0 fully saturated rings. The van der Waals surface area contributed by atoms with Crippen LogP contribution in [0.5, 0.6) is 0 Å². The van der Waals surface area contributed by atoms with Crippen molar-refractivity contribution in [1.29, 1.82) is 0 Å². The number of amides is 4. The largest absolute Gasteiger partial charge is 0.480 e. The molecule has 1 aromatic heterocycles. The summed E-state index contributed by atoms with van der Waals surface area (Å²) in [5, 5.41) is 23.8. The fourth-order valence-electron chi connectivity index (χ4n) is 7.26. The first-order valence-corrected chi connectivity index (χ1v) is 21.6. The molecule has 7 N–H and O–H groups in total. The molecule has 4 amide bonds. The van der Waals surface area contributed by atoms with Crippen LogP contribution in [0.1, 0.15) is 52.3 Å². The smallest absolute Gasteiger partial charge is 0.407 e. The van der Waals surface area contributed by atoms with Gasteiger partial charge in [-0.05, 0) is 88.4 Å². The Hall–Kier alpha value is -5.73. The molecule has 12 nitrogen and oxygen atoms in total. The number of carboxylic acid groups (broad SMARTS) is 1. The van der Waals surface area contributed by atoms with E-state index in [0.29, 0.717) is 34.0 Å². The molecule has 0 bridgehead atoms. The van der Waals surface area contributed by atoms with E-state index < -0.39 is 54.0 Å². The zero-order valence-corrected chi connectivity index (χ0v) is 35.5. The molecule has 0 unspecified atom stereocenters. The highest BCUT2D eigenvalue weighted by atomic mass is 35.5. The van der Waals surface area contributed by atoms with Gasteiger partial charge in [0.15, 0.2) is 0 Å². The van der Waals surface area contributed by atoms with Crippen molar-refractivity contribution in [1.82, 2.24) is 21.3 Å². The minimum Gasteiger partial charge on any atom is -0.480 e. The maximum atomic E-state index is 14.0. The molecule has 1 aliphatic rings. The van der Waals surface area contributed by atoms with Gasteiger partial charge in [0.1, 0.15) is 24.7 Å². The van der Waals surface area contributed by atoms with Crippen molar-refractivity contribution < 1.29 is 33.8 Å². The van der Waals surface area contributed by atoms with Crippen molar-refractivity contribution in [3.8, 4) is 11.1 Å². The highest BCUT2D eigenvalue weighted by molar-refractivity contribution is 7.09. The number of fused-ring (bicyclic) bond motifs is 3. The molecule has 4 atom stereocenters. The summed E-state index contributed by atoms with van der Waals surface area (Å²) in [7, 11) is 0. The third kappa shape index (κ3) is 12.6. The molecule has 1 heterocycles. The molecule has 318 valence electrons. The van der Waals surface area contributed by atoms with Crippen LogP contribution < -0.4 is 27.0 Å². The molecule has 0 saturated carbocycles. The lowest BCUT2D eigenvalue weighted by atomic mass is 9.98. The Morgan fingerprint density at radius 1 is 0.656 bits per heavy atom. The zero-order chi connectivity index (χ0) is 43.3. The highest BCUT2D eigenvalue weighted by Gasteiger charge is 2.32. The maximum absolute atomic E-state index is 14.0. The highest BCUT2D eigenvalue weighted by Crippen LogP contribution is 2.44. The number of carboxylic acids is 1. The fraction of sp³-hybridized carbons (Fsp3) is 0.283. The molecule has 61 heavy (non-hydrogen) atoms. The number of rotatable bonds is 20. The number of unbranched alkanes of at least 4 members (excludes halogenated alkanes) is 1. The average Bonchev–Trinajstić information content (AvgIpc) is 3.89. The van der Waals surface area contributed by atoms with Gasteiger partial charge in [0.05, 0.1) is 6.04 Å². The van der Waals surface area contributed by atoms with Crippen LogP contribution in [0.2, 0.25) is 10.0 Å². The molecule has 5 aromatic rings. The summed E-state index contributed by atoms with van der Waals surface area (Å²) < 4.78 is 5.60. The minimum atomic E-state index is -1.30. The van der Waals surface area contributed by atoms with Gasteiger partial charge in [0.2, 0.25) is 17.7 Å². The normalized spacial score (nSPS) is 13.8. The quantitative estimate of drug-likeness (QED) is 0.0468. The van der Waals surface area contributed by atoms with Crippen molar-refractivity contribution in [2.24, 2.45) is 5.73 Å². The predicted octanol–water partition coefficient (Wildman–Crippen LogP) is 6.66. The second-order valence-electron chi connectivity index (χ2n) is 14.8. The number of alkyl carbamates (subject to hydrolysis) is 1. The van der Waals surface area contributed by atoms with Gasteiger partial charge in [-0.1, -0.05) is 102 Å². The van der Waals surface area contributed by atoms with Crippen molar-refractivity contribution in [3.63, 3.8) is 0 Å². The monoisotopic (exact) mass is 883 g/mol. The first kappa shape index (κ1) is 44.8. The molecule has 6 rings (SSSR count). The molecule has 1 aliphatic carbocycles. The van der Waals surface area contributed by atoms with E-state index in [4.69, 9.17) is 33.7 Å². The summed E-state index contributed by atoms with van der Waals surface area (Å²) in [5.41, 5.74) is 12.0. The number of nitrogens with one attached hydrogen (secondary N) is 4. The second kappa shape index (κ2) is 21.7. The summed E-state index contributed by atoms with van der Waals surface area (Å²) in [6.45, 7) is 0.391. The number of halogens is 2. The number of carbonyl (C=O) groups excluding carboxylic acids is 4. The van der Waals surface area contributed by atoms with Crippen LogP contribution in [0, 0.1) is 0 Å². The van der Waals surface area contributed by atoms with Crippen molar-refractivity contribution >= 4 is 64.3 Å². The number of thiophene rings is 1. The van der Waals surface area contributed by atoms with Crippen molar-refractivity contribution in [2.75, 3.05) is 13.2 Å². The number of hydrogen-bond donors (Lipinski definition) is 6. The van der Waals surface area contributed by atoms with E-state index in [1.165, 1.54) is 11.3 Å². The van der Waals surface area contributed by atoms with Crippen LogP contribution >= 0.6 is 34.5 Å². The SMILES string of the molecule is N[C@@H](Cc1cccs1)C(=O)N[C@H](Cc1ccc(Cl)cc1)C(=O)N[C@@H](Cc1ccc(Cl)cc1)C(=O)N[C@@H](CCCCNC(=O)OCC1c2ccccc2-c2ccccc21)C(=O)O. The lowest BCUT2D eigenvalue weighted by Gasteiger charge is -2.25. The number of benzene rings is 4. The van der Waals surface area contributed by atoms with Crippen molar-refractivity contribution in [2.45, 2.75) is 68.6 Å². The lowest BCUT2D eigenvalue weighted by Crippen LogP contribution is -2.58. The van der Waals surface area contributed by atoms with Gasteiger partial charge >= 0.3 is 12.1 Å². The minimum absolute atomic E-state index is 0.00928. The Labute approximate surface area is 368 Å². The topological polar surface area (TPSA) is 189 Å². The van der Waals surface area contributed by atoms with Gasteiger partial charge in [-0.15, -0.1) is 11.3 Å². The molecule has 0 aliphatic heterocycles. The van der Waals surface area contributed by atoms with Gasteiger partial charge in [-0.25, -0.2) is 9.59 Å². The third-order valence-corrected chi connectivity index (χ3v) is 11.9. The standard InChI is InChI=1S/C46H47Cl2N5O7S/c47-30-18-14-28(15-19-30)24-40(52-42(54)38(49)26-32-8-7-23-61-32)44(56)53-41(25-29-16-20-31(48)21-17-29)43(55)51-39(45(57)58)13-5-6-22-50-46(59)60-27-37-35-11-3-1-9-33(35)34-10-2-4-12-36(34)37/h1-4,7-12,14-21,23,37-41H,5-6,13,22,24-27,49H2,(H,50,59)(H,51,55)(H,52,54)(H,53,56)(H,57,58)/t38-,39-,40+,41-/m0/s1. The van der Waals surface area contributed by atoms with E-state index in [2.05, 4.69) is 33.4 Å². The van der Waals surface area contributed by atoms with Gasteiger partial charge in [0, 0.05) is 46.6 Å². The van der Waals surface area contributed by atoms with E-state index in [1.807, 2.05) is 53.9 Å². The van der Waals surface area contributed by atoms with E-state index >= 15 is 0 Å². The molecule has 4 aromatic carbocycles. The van der Waals surface area contributed by atoms with Gasteiger partial charge in [0.25, 0.3) is 0 Å². The number of aliphatic carboxylic acids is 1. The first-order valence-electron chi connectivity index (χ1n) is 19.9. The number of carbonyl (C=O) groups is 5. The number of nitrogens with two attached hydrogens (primary N) is 1. The molecular formula is C46H47Cl2N5O7S. The average molecular weight is 885 g/mol. The Balaban J connectivity index is 1.05. The third-order valence-electron chi connectivity index (χ3n) is 10.5. The van der Waals surface area contributed by atoms with Crippen LogP contribution in [-0.4, -0.2) is 72.2 Å². The molecular weight excluding hydrogens is 838 g/mol. The number of ether oxygens (including phenoxy) is 1. The molecule has 0 saturated heterocycles. The van der Waals surface area contributed by atoms with Crippen LogP contribution in [0.3, 0.4) is 0 Å². The maximum Gasteiger partial charge on any atom is 0.407 e. The summed E-state index contributed by atoms with van der Waals surface area (Å²) in [5.74, 6) is -3.31. The summed E-state index contributed by atoms with van der Waals surface area (Å²) >= 11 is 13.7. The lowest BCUT2D eigenvalue weighted by molar-refractivity contribution is -0.142. The van der Waals surface area contributed by atoms with Crippen LogP contribution in [-0.2, 0) is 43.2 Å². The fourth-order valence-corrected chi connectivity index (χ4v) is 8.28. The van der Waals surface area contributed by atoms with Gasteiger partial charge in [-0.2, -0.15) is 0 Å². The first-order chi connectivity index (χ1) is 29.4. The van der Waals surface area contributed by atoms with E-state index in [1.54, 1.807) is 48.5 Å². The Morgan fingerprint density at radius 2 is 1.18 bits per heavy atom. The summed E-state index contributed by atoms with van der Waals surface area (Å²) in [4.78, 5) is 67.2. The van der Waals surface area contributed by atoms with E-state index in [-0.39, 0.29) is 44.8 Å². The van der Waals surface area contributed by atoms with E-state index in [9.17, 15) is 29.1 Å². The van der Waals surface area contributed by atoms with E-state index in [0.717, 1.165) is 27.1 Å². The number of hydrogen-bond acceptors (Lipinski definition) is 8. The predicted molar refractivity (Wildman–Crippen MR) is 237 cm³/mol. The Bertz CT molecular complexity index is 2250. The zero-order valence-electron chi connectivity index (χ0n) is 33.2.